The first kappa shape index (κ1) is 20.9. The number of anilines is 1. The van der Waals surface area contributed by atoms with Crippen LogP contribution in [0.3, 0.4) is 0 Å². The predicted molar refractivity (Wildman–Crippen MR) is 131 cm³/mol. The average molecular weight is 438 g/mol. The zero-order valence-electron chi connectivity index (χ0n) is 19.1. The maximum absolute atomic E-state index is 13.8. The third-order valence-electron chi connectivity index (χ3n) is 6.29. The minimum Gasteiger partial charge on any atom is -0.497 e. The van der Waals surface area contributed by atoms with Gasteiger partial charge in [-0.15, -0.1) is 0 Å². The third kappa shape index (κ3) is 3.87. The second-order valence-corrected chi connectivity index (χ2v) is 8.48. The fourth-order valence-electron chi connectivity index (χ4n) is 4.53. The van der Waals surface area contributed by atoms with Crippen molar-refractivity contribution in [3.63, 3.8) is 0 Å². The van der Waals surface area contributed by atoms with Crippen molar-refractivity contribution in [2.75, 3.05) is 12.4 Å². The van der Waals surface area contributed by atoms with E-state index in [0.717, 1.165) is 45.1 Å². The van der Waals surface area contributed by atoms with Crippen LogP contribution in [0.4, 0.5) is 10.5 Å². The summed E-state index contributed by atoms with van der Waals surface area (Å²) < 4.78 is 7.56. The number of benzene rings is 3. The number of rotatable bonds is 3. The van der Waals surface area contributed by atoms with Gasteiger partial charge in [0.05, 0.1) is 25.4 Å². The molecule has 0 unspecified atom stereocenters. The Kier molecular flexibility index (Phi) is 5.38. The highest BCUT2D eigenvalue weighted by molar-refractivity contribution is 5.91. The molecule has 0 saturated heterocycles. The molecule has 0 bridgehead atoms. The van der Waals surface area contributed by atoms with Gasteiger partial charge in [-0.2, -0.15) is 0 Å². The second kappa shape index (κ2) is 8.51. The van der Waals surface area contributed by atoms with Crippen LogP contribution in [0.25, 0.3) is 5.69 Å². The molecular weight excluding hydrogens is 410 g/mol. The van der Waals surface area contributed by atoms with E-state index >= 15 is 0 Å². The maximum Gasteiger partial charge on any atom is 0.322 e. The molecule has 1 atom stereocenters. The summed E-state index contributed by atoms with van der Waals surface area (Å²) in [6, 6.07) is 26.1. The molecule has 0 fully saturated rings. The summed E-state index contributed by atoms with van der Waals surface area (Å²) in [5, 5.41) is 3.18. The minimum absolute atomic E-state index is 0.131. The summed E-state index contributed by atoms with van der Waals surface area (Å²) in [5.74, 6) is 0.789. The van der Waals surface area contributed by atoms with Crippen LogP contribution in [0.15, 0.2) is 85.1 Å². The summed E-state index contributed by atoms with van der Waals surface area (Å²) in [6.07, 6.45) is 2.07. The number of hydrogen-bond acceptors (Lipinski definition) is 2. The standard InChI is InChI=1S/C28H27N3O2/c1-19-10-11-20(2)24(17-19)29-28(32)31-18-22-7-4-5-8-25(22)30-16-6-9-26(30)27(31)21-12-14-23(33-3)15-13-21/h4-17,27H,18H2,1-3H3,(H,29,32)/t27-/m1/s1. The lowest BCUT2D eigenvalue weighted by Crippen LogP contribution is -2.38. The maximum atomic E-state index is 13.8. The molecule has 3 aromatic carbocycles. The molecular formula is C28H27N3O2. The van der Waals surface area contributed by atoms with Crippen molar-refractivity contribution in [1.82, 2.24) is 9.47 Å². The molecule has 0 spiro atoms. The Hall–Kier alpha value is -3.99. The van der Waals surface area contributed by atoms with E-state index in [1.54, 1.807) is 7.11 Å². The summed E-state index contributed by atoms with van der Waals surface area (Å²) in [5.41, 5.74) is 7.24. The molecule has 5 nitrogen and oxygen atoms in total. The van der Waals surface area contributed by atoms with Gasteiger partial charge in [0.25, 0.3) is 0 Å². The Morgan fingerprint density at radius 2 is 1.76 bits per heavy atom. The van der Waals surface area contributed by atoms with E-state index in [0.29, 0.717) is 6.54 Å². The zero-order chi connectivity index (χ0) is 22.9. The van der Waals surface area contributed by atoms with Crippen LogP contribution in [0.2, 0.25) is 0 Å². The Balaban J connectivity index is 1.63. The lowest BCUT2D eigenvalue weighted by Gasteiger charge is -2.31. The van der Waals surface area contributed by atoms with Gasteiger partial charge in [0.15, 0.2) is 0 Å². The number of aryl methyl sites for hydroxylation is 2. The van der Waals surface area contributed by atoms with Gasteiger partial charge in [-0.25, -0.2) is 4.79 Å². The number of ether oxygens (including phenoxy) is 1. The Bertz CT molecular complexity index is 1310. The van der Waals surface area contributed by atoms with Crippen LogP contribution in [-0.2, 0) is 6.54 Å². The van der Waals surface area contributed by atoms with E-state index in [-0.39, 0.29) is 12.1 Å². The van der Waals surface area contributed by atoms with Crippen LogP contribution < -0.4 is 10.1 Å². The number of nitrogens with one attached hydrogen (secondary N) is 1. The van der Waals surface area contributed by atoms with Crippen LogP contribution in [0.1, 0.15) is 34.0 Å². The fraction of sp³-hybridized carbons (Fsp3) is 0.179. The van der Waals surface area contributed by atoms with Crippen molar-refractivity contribution < 1.29 is 9.53 Å². The number of urea groups is 1. The largest absolute Gasteiger partial charge is 0.497 e. The van der Waals surface area contributed by atoms with Gasteiger partial charge in [0, 0.05) is 17.6 Å². The summed E-state index contributed by atoms with van der Waals surface area (Å²) in [7, 11) is 1.66. The lowest BCUT2D eigenvalue weighted by molar-refractivity contribution is 0.194. The number of methoxy groups -OCH3 is 1. The topological polar surface area (TPSA) is 46.5 Å². The smallest absolute Gasteiger partial charge is 0.322 e. The van der Waals surface area contributed by atoms with Crippen LogP contribution in [0, 0.1) is 13.8 Å². The summed E-state index contributed by atoms with van der Waals surface area (Å²) in [6.45, 7) is 4.54. The van der Waals surface area contributed by atoms with E-state index in [1.165, 1.54) is 0 Å². The monoisotopic (exact) mass is 437 g/mol. The number of fused-ring (bicyclic) bond motifs is 3. The minimum atomic E-state index is -0.261. The molecule has 1 N–H and O–H groups in total. The highest BCUT2D eigenvalue weighted by Gasteiger charge is 2.33. The molecule has 33 heavy (non-hydrogen) atoms. The number of aromatic nitrogens is 1. The van der Waals surface area contributed by atoms with Crippen molar-refractivity contribution in [2.24, 2.45) is 0 Å². The van der Waals surface area contributed by atoms with E-state index in [4.69, 9.17) is 4.74 Å². The summed E-state index contributed by atoms with van der Waals surface area (Å²) >= 11 is 0. The predicted octanol–water partition coefficient (Wildman–Crippen LogP) is 6.24. The zero-order valence-corrected chi connectivity index (χ0v) is 19.1. The van der Waals surface area contributed by atoms with Gasteiger partial charge in [0.1, 0.15) is 5.75 Å². The highest BCUT2D eigenvalue weighted by atomic mass is 16.5. The van der Waals surface area contributed by atoms with E-state index in [9.17, 15) is 4.79 Å². The van der Waals surface area contributed by atoms with Crippen molar-refractivity contribution >= 4 is 11.7 Å². The van der Waals surface area contributed by atoms with Crippen LogP contribution in [-0.4, -0.2) is 22.6 Å². The average Bonchev–Trinajstić information content (AvgIpc) is 3.26. The van der Waals surface area contributed by atoms with E-state index < -0.39 is 0 Å². The molecule has 1 aromatic heterocycles. The number of carbonyl (C=O) groups excluding carboxylic acids is 1. The Labute approximate surface area is 194 Å². The van der Waals surface area contributed by atoms with Gasteiger partial charge >= 0.3 is 6.03 Å². The molecule has 2 amide bonds. The molecule has 0 radical (unpaired) electrons. The van der Waals surface area contributed by atoms with Crippen molar-refractivity contribution in [1.29, 1.82) is 0 Å². The first-order valence-electron chi connectivity index (χ1n) is 11.1. The van der Waals surface area contributed by atoms with Crippen LogP contribution >= 0.6 is 0 Å². The normalized spacial score (nSPS) is 14.8. The first-order valence-corrected chi connectivity index (χ1v) is 11.1. The lowest BCUT2D eigenvalue weighted by atomic mass is 10.0. The van der Waals surface area contributed by atoms with Gasteiger partial charge < -0.3 is 19.5 Å². The number of hydrogen-bond donors (Lipinski definition) is 1. The molecule has 166 valence electrons. The SMILES string of the molecule is COc1ccc([C@@H]2c3cccn3-c3ccccc3CN2C(=O)Nc2cc(C)ccc2C)cc1. The molecule has 5 heteroatoms. The molecule has 2 heterocycles. The third-order valence-corrected chi connectivity index (χ3v) is 6.29. The van der Waals surface area contributed by atoms with Crippen molar-refractivity contribution in [2.45, 2.75) is 26.4 Å². The van der Waals surface area contributed by atoms with Crippen molar-refractivity contribution in [3.8, 4) is 11.4 Å². The number of carbonyl (C=O) groups is 1. The van der Waals surface area contributed by atoms with Crippen molar-refractivity contribution in [3.05, 3.63) is 113 Å². The number of amides is 2. The highest BCUT2D eigenvalue weighted by Crippen LogP contribution is 2.37. The van der Waals surface area contributed by atoms with E-state index in [2.05, 4.69) is 40.3 Å². The number of nitrogens with zero attached hydrogens (tertiary/aromatic N) is 2. The molecule has 0 aliphatic carbocycles. The molecule has 1 aliphatic heterocycles. The summed E-state index contributed by atoms with van der Waals surface area (Å²) in [4.78, 5) is 15.7. The van der Waals surface area contributed by atoms with Gasteiger partial charge in [-0.1, -0.05) is 42.5 Å². The van der Waals surface area contributed by atoms with Gasteiger partial charge in [-0.3, -0.25) is 0 Å². The fourth-order valence-corrected chi connectivity index (χ4v) is 4.53. The molecule has 0 saturated carbocycles. The number of para-hydroxylation sites is 1. The van der Waals surface area contributed by atoms with Gasteiger partial charge in [0.2, 0.25) is 0 Å². The van der Waals surface area contributed by atoms with Crippen LogP contribution in [0.5, 0.6) is 5.75 Å². The molecule has 4 aromatic rings. The first-order chi connectivity index (χ1) is 16.0. The quantitative estimate of drug-likeness (QED) is 0.412. The second-order valence-electron chi connectivity index (χ2n) is 8.48. The molecule has 1 aliphatic rings. The Morgan fingerprint density at radius 3 is 2.55 bits per heavy atom. The van der Waals surface area contributed by atoms with E-state index in [1.807, 2.05) is 73.3 Å². The molecule has 5 rings (SSSR count). The van der Waals surface area contributed by atoms with Gasteiger partial charge in [-0.05, 0) is 72.5 Å². The Morgan fingerprint density at radius 1 is 0.970 bits per heavy atom.